The molecule has 0 aromatic carbocycles. The van der Waals surface area contributed by atoms with Crippen molar-refractivity contribution in [1.82, 2.24) is 9.77 Å². The van der Waals surface area contributed by atoms with Crippen LogP contribution >= 0.6 is 0 Å². The van der Waals surface area contributed by atoms with Crippen LogP contribution in [0.15, 0.2) is 21.9 Å². The SMILES string of the molecule is O.O=c1ccn(F)c(=O)[nH]1. The van der Waals surface area contributed by atoms with E-state index in [4.69, 9.17) is 0 Å². The van der Waals surface area contributed by atoms with E-state index in [0.29, 0.717) is 0 Å². The lowest BCUT2D eigenvalue weighted by molar-refractivity contribution is 0.343. The van der Waals surface area contributed by atoms with Crippen LogP contribution in [0.5, 0.6) is 0 Å². The van der Waals surface area contributed by atoms with Gasteiger partial charge in [0, 0.05) is 12.3 Å². The summed E-state index contributed by atoms with van der Waals surface area (Å²) in [6.07, 6.45) is 0.751. The summed E-state index contributed by atoms with van der Waals surface area (Å²) in [7, 11) is 0. The topological polar surface area (TPSA) is 86.4 Å². The number of H-pyrrole nitrogens is 1. The summed E-state index contributed by atoms with van der Waals surface area (Å²) >= 11 is 0. The normalized spacial score (nSPS) is 8.50. The standard InChI is InChI=1S/C4H3FN2O2.H2O/c5-7-2-1-3(8)6-4(7)9;/h1-2H,(H,6,8,9);1H2. The third-order valence-electron chi connectivity index (χ3n) is 0.781. The highest BCUT2D eigenvalue weighted by Gasteiger charge is 1.89. The summed E-state index contributed by atoms with van der Waals surface area (Å²) in [6.45, 7) is 0. The van der Waals surface area contributed by atoms with Crippen LogP contribution in [0.2, 0.25) is 0 Å². The highest BCUT2D eigenvalue weighted by molar-refractivity contribution is 4.79. The molecule has 1 heterocycles. The third-order valence-corrected chi connectivity index (χ3v) is 0.781. The fraction of sp³-hybridized carbons (Fsp3) is 0. The maximum Gasteiger partial charge on any atom is 0.356 e. The molecular formula is C4H5FN2O3. The third kappa shape index (κ3) is 1.52. The lowest BCUT2D eigenvalue weighted by atomic mass is 10.7. The summed E-state index contributed by atoms with van der Waals surface area (Å²) < 4.78 is 11.9. The maximum absolute atomic E-state index is 11.9. The first-order valence-electron chi connectivity index (χ1n) is 2.18. The Morgan fingerprint density at radius 3 is 2.50 bits per heavy atom. The van der Waals surface area contributed by atoms with Gasteiger partial charge in [-0.05, 0) is 0 Å². The molecule has 1 rings (SSSR count). The van der Waals surface area contributed by atoms with Crippen molar-refractivity contribution in [1.29, 1.82) is 0 Å². The molecule has 56 valence electrons. The molecule has 0 aliphatic rings. The molecule has 0 atom stereocenters. The van der Waals surface area contributed by atoms with E-state index in [-0.39, 0.29) is 10.3 Å². The predicted octanol–water partition coefficient (Wildman–Crippen LogP) is -1.56. The van der Waals surface area contributed by atoms with Crippen LogP contribution in [0.25, 0.3) is 0 Å². The van der Waals surface area contributed by atoms with E-state index in [1.807, 2.05) is 0 Å². The van der Waals surface area contributed by atoms with Crippen molar-refractivity contribution in [3.05, 3.63) is 33.1 Å². The summed E-state index contributed by atoms with van der Waals surface area (Å²) in [5, 5.41) is 0. The van der Waals surface area contributed by atoms with Gasteiger partial charge in [-0.1, -0.05) is 4.48 Å². The molecule has 1 aromatic rings. The van der Waals surface area contributed by atoms with Crippen molar-refractivity contribution in [3.63, 3.8) is 0 Å². The lowest BCUT2D eigenvalue weighted by Gasteiger charge is -1.84. The molecule has 0 amide bonds. The van der Waals surface area contributed by atoms with Crippen LogP contribution in [0.4, 0.5) is 4.48 Å². The molecule has 10 heavy (non-hydrogen) atoms. The largest absolute Gasteiger partial charge is 0.412 e. The highest BCUT2D eigenvalue weighted by Crippen LogP contribution is 1.68. The smallest absolute Gasteiger partial charge is 0.356 e. The van der Waals surface area contributed by atoms with Crippen molar-refractivity contribution in [3.8, 4) is 0 Å². The zero-order valence-corrected chi connectivity index (χ0v) is 4.80. The Morgan fingerprint density at radius 1 is 1.50 bits per heavy atom. The van der Waals surface area contributed by atoms with Gasteiger partial charge in [-0.25, -0.2) is 4.79 Å². The van der Waals surface area contributed by atoms with Gasteiger partial charge in [0.1, 0.15) is 0 Å². The average molecular weight is 148 g/mol. The van der Waals surface area contributed by atoms with Crippen molar-refractivity contribution in [2.45, 2.75) is 0 Å². The van der Waals surface area contributed by atoms with Gasteiger partial charge in [0.2, 0.25) is 0 Å². The molecule has 0 aliphatic carbocycles. The van der Waals surface area contributed by atoms with Gasteiger partial charge < -0.3 is 5.48 Å². The summed E-state index contributed by atoms with van der Waals surface area (Å²) in [5.41, 5.74) is -1.66. The van der Waals surface area contributed by atoms with Gasteiger partial charge in [-0.2, -0.15) is 0 Å². The Kier molecular flexibility index (Phi) is 2.51. The lowest BCUT2D eigenvalue weighted by Crippen LogP contribution is -2.24. The van der Waals surface area contributed by atoms with Crippen LogP contribution in [-0.4, -0.2) is 15.2 Å². The predicted molar refractivity (Wildman–Crippen MR) is 31.4 cm³/mol. The Labute approximate surface area is 54.0 Å². The van der Waals surface area contributed by atoms with Crippen LogP contribution in [0.1, 0.15) is 0 Å². The monoisotopic (exact) mass is 148 g/mol. The highest BCUT2D eigenvalue weighted by atomic mass is 19.2. The Morgan fingerprint density at radius 2 is 2.10 bits per heavy atom. The molecule has 0 bridgehead atoms. The van der Waals surface area contributed by atoms with Gasteiger partial charge in [-0.3, -0.25) is 9.78 Å². The molecule has 3 N–H and O–H groups in total. The first-order chi connectivity index (χ1) is 4.20. The summed E-state index contributed by atoms with van der Waals surface area (Å²) in [5.74, 6) is 0. The Hall–Kier alpha value is -1.43. The molecule has 0 saturated carbocycles. The number of hydrogen-bond acceptors (Lipinski definition) is 2. The molecular weight excluding hydrogens is 143 g/mol. The van der Waals surface area contributed by atoms with Crippen molar-refractivity contribution < 1.29 is 9.96 Å². The quantitative estimate of drug-likeness (QED) is 0.482. The molecule has 0 fully saturated rings. The maximum atomic E-state index is 11.9. The van der Waals surface area contributed by atoms with E-state index in [2.05, 4.69) is 0 Å². The van der Waals surface area contributed by atoms with Gasteiger partial charge >= 0.3 is 5.69 Å². The number of nitrogens with zero attached hydrogens (tertiary/aromatic N) is 1. The summed E-state index contributed by atoms with van der Waals surface area (Å²) in [6, 6.07) is 0.918. The van der Waals surface area contributed by atoms with Gasteiger partial charge in [0.15, 0.2) is 0 Å². The van der Waals surface area contributed by atoms with Crippen molar-refractivity contribution in [2.75, 3.05) is 0 Å². The Balaban J connectivity index is 0.000000810. The van der Waals surface area contributed by atoms with E-state index in [1.54, 1.807) is 4.98 Å². The number of aromatic amines is 1. The van der Waals surface area contributed by atoms with Crippen LogP contribution in [0, 0.1) is 0 Å². The fourth-order valence-corrected chi connectivity index (χ4v) is 0.401. The zero-order chi connectivity index (χ0) is 6.85. The second-order valence-electron chi connectivity index (χ2n) is 1.42. The minimum absolute atomic E-state index is 0. The molecule has 0 radical (unpaired) electrons. The van der Waals surface area contributed by atoms with Crippen LogP contribution in [0.3, 0.4) is 0 Å². The second kappa shape index (κ2) is 2.92. The Bertz CT molecular complexity index is 315. The number of aromatic nitrogens is 2. The van der Waals surface area contributed by atoms with E-state index < -0.39 is 11.2 Å². The minimum Gasteiger partial charge on any atom is -0.412 e. The van der Waals surface area contributed by atoms with Crippen molar-refractivity contribution >= 4 is 0 Å². The summed E-state index contributed by atoms with van der Waals surface area (Å²) in [4.78, 5) is 21.9. The second-order valence-corrected chi connectivity index (χ2v) is 1.42. The zero-order valence-electron chi connectivity index (χ0n) is 4.80. The van der Waals surface area contributed by atoms with E-state index in [9.17, 15) is 14.1 Å². The number of halogens is 1. The first kappa shape index (κ1) is 8.57. The van der Waals surface area contributed by atoms with Gasteiger partial charge in [0.05, 0.1) is 0 Å². The average Bonchev–Trinajstić information content (AvgIpc) is 1.80. The minimum atomic E-state index is -1.05. The fourth-order valence-electron chi connectivity index (χ4n) is 0.401. The van der Waals surface area contributed by atoms with E-state index in [1.165, 1.54) is 0 Å². The molecule has 0 aliphatic heterocycles. The van der Waals surface area contributed by atoms with Crippen molar-refractivity contribution in [2.24, 2.45) is 0 Å². The first-order valence-corrected chi connectivity index (χ1v) is 2.18. The molecule has 0 saturated heterocycles. The van der Waals surface area contributed by atoms with Gasteiger partial charge in [0.25, 0.3) is 5.56 Å². The molecule has 6 heteroatoms. The molecule has 5 nitrogen and oxygen atoms in total. The molecule has 1 aromatic heterocycles. The number of hydrogen-bond donors (Lipinski definition) is 1. The van der Waals surface area contributed by atoms with E-state index in [0.717, 1.165) is 12.3 Å². The molecule has 0 spiro atoms. The number of nitrogens with one attached hydrogen (secondary N) is 1. The van der Waals surface area contributed by atoms with Gasteiger partial charge in [-0.15, -0.1) is 4.79 Å². The van der Waals surface area contributed by atoms with Crippen LogP contribution < -0.4 is 11.2 Å². The van der Waals surface area contributed by atoms with Crippen LogP contribution in [-0.2, 0) is 0 Å². The number of rotatable bonds is 0. The molecule has 0 unspecified atom stereocenters. The van der Waals surface area contributed by atoms with E-state index >= 15 is 0 Å².